The third-order valence-electron chi connectivity index (χ3n) is 1.60. The van der Waals surface area contributed by atoms with Gasteiger partial charge in [-0.15, -0.1) is 0 Å². The second kappa shape index (κ2) is 4.40. The molecule has 0 unspecified atom stereocenters. The molecule has 0 aromatic carbocycles. The molecule has 1 aliphatic rings. The Morgan fingerprint density at radius 3 is 3.07 bits per heavy atom. The highest BCUT2D eigenvalue weighted by molar-refractivity contribution is 5.91. The highest BCUT2D eigenvalue weighted by atomic mass is 16.7. The quantitative estimate of drug-likeness (QED) is 0.375. The molecule has 1 heterocycles. The summed E-state index contributed by atoms with van der Waals surface area (Å²) < 4.78 is 4.70. The molecule has 0 saturated carbocycles. The van der Waals surface area contributed by atoms with Crippen LogP contribution in [0.3, 0.4) is 0 Å². The Bertz CT molecular complexity index is 308. The maximum absolute atomic E-state index is 11.2. The van der Waals surface area contributed by atoms with E-state index in [-0.39, 0.29) is 18.7 Å². The minimum absolute atomic E-state index is 0.163. The summed E-state index contributed by atoms with van der Waals surface area (Å²) in [4.78, 5) is 21.6. The molecule has 0 fully saturated rings. The first-order valence-corrected chi connectivity index (χ1v) is 4.11. The van der Waals surface area contributed by atoms with Gasteiger partial charge < -0.3 is 4.74 Å². The molecule has 0 aromatic rings. The van der Waals surface area contributed by atoms with Crippen LogP contribution in [0, 0.1) is 10.1 Å². The third kappa shape index (κ3) is 2.32. The van der Waals surface area contributed by atoms with Crippen molar-refractivity contribution in [3.8, 4) is 0 Å². The zero-order chi connectivity index (χ0) is 10.6. The number of nitrogens with zero attached hydrogens (tertiary/aromatic N) is 2. The first kappa shape index (κ1) is 10.2. The van der Waals surface area contributed by atoms with E-state index in [2.05, 4.69) is 0 Å². The van der Waals surface area contributed by atoms with Crippen molar-refractivity contribution in [2.45, 2.75) is 6.92 Å². The number of carbonyl (C=O) groups is 1. The Hall–Kier alpha value is -1.85. The predicted octanol–water partition coefficient (Wildman–Crippen LogP) is 0.497. The zero-order valence-electron chi connectivity index (χ0n) is 7.67. The first-order chi connectivity index (χ1) is 6.65. The van der Waals surface area contributed by atoms with Crippen LogP contribution in [-0.2, 0) is 9.53 Å². The maximum Gasteiger partial charge on any atom is 0.339 e. The van der Waals surface area contributed by atoms with Crippen LogP contribution >= 0.6 is 0 Å². The molecule has 14 heavy (non-hydrogen) atoms. The summed E-state index contributed by atoms with van der Waals surface area (Å²) in [5, 5.41) is 10.6. The Balaban J connectivity index is 2.73. The van der Waals surface area contributed by atoms with Crippen molar-refractivity contribution in [2.75, 3.05) is 13.2 Å². The van der Waals surface area contributed by atoms with Gasteiger partial charge in [-0.2, -0.15) is 0 Å². The fraction of sp³-hybridized carbons (Fsp3) is 0.375. The number of hydrogen-bond acceptors (Lipinski definition) is 4. The smallest absolute Gasteiger partial charge is 0.339 e. The molecule has 1 rings (SSSR count). The van der Waals surface area contributed by atoms with Crippen molar-refractivity contribution in [3.63, 3.8) is 0 Å². The van der Waals surface area contributed by atoms with E-state index in [0.29, 0.717) is 0 Å². The van der Waals surface area contributed by atoms with Gasteiger partial charge in [0.1, 0.15) is 6.54 Å². The molecule has 0 amide bonds. The minimum Gasteiger partial charge on any atom is -0.462 e. The summed E-state index contributed by atoms with van der Waals surface area (Å²) in [5.41, 5.74) is 0.190. The van der Waals surface area contributed by atoms with Gasteiger partial charge in [0.25, 0.3) is 0 Å². The summed E-state index contributed by atoms with van der Waals surface area (Å²) in [7, 11) is 0. The molecule has 6 heteroatoms. The Labute approximate surface area is 80.6 Å². The van der Waals surface area contributed by atoms with Gasteiger partial charge in [-0.1, -0.05) is 11.1 Å². The molecule has 0 bridgehead atoms. The molecule has 0 aliphatic carbocycles. The molecule has 76 valence electrons. The first-order valence-electron chi connectivity index (χ1n) is 4.11. The second-order valence-electron chi connectivity index (χ2n) is 2.57. The highest BCUT2D eigenvalue weighted by Gasteiger charge is 2.18. The third-order valence-corrected chi connectivity index (χ3v) is 1.60. The van der Waals surface area contributed by atoms with Gasteiger partial charge in [0.2, 0.25) is 0 Å². The van der Waals surface area contributed by atoms with Gasteiger partial charge in [0.15, 0.2) is 5.03 Å². The van der Waals surface area contributed by atoms with Gasteiger partial charge >= 0.3 is 5.97 Å². The second-order valence-corrected chi connectivity index (χ2v) is 2.57. The number of ether oxygens (including phenoxy) is 1. The lowest BCUT2D eigenvalue weighted by atomic mass is 10.2. The van der Waals surface area contributed by atoms with Crippen LogP contribution < -0.4 is 0 Å². The van der Waals surface area contributed by atoms with E-state index in [0.717, 1.165) is 11.2 Å². The van der Waals surface area contributed by atoms with Gasteiger partial charge in [0.05, 0.1) is 18.4 Å². The number of hydrazine groups is 1. The molecule has 0 N–H and O–H groups in total. The lowest BCUT2D eigenvalue weighted by Crippen LogP contribution is -2.28. The molecule has 0 saturated heterocycles. The Kier molecular flexibility index (Phi) is 3.22. The standard InChI is InChI=1S/C8H10N2O4/c1-2-14-8(11)7-4-3-5-9(6-7)10(12)13/h3-4,6H,2,5H2,1H3. The number of carbonyl (C=O) groups excluding carboxylic acids is 1. The van der Waals surface area contributed by atoms with Crippen molar-refractivity contribution in [3.05, 3.63) is 34.0 Å². The Morgan fingerprint density at radius 2 is 2.50 bits per heavy atom. The van der Waals surface area contributed by atoms with Crippen LogP contribution in [0.5, 0.6) is 0 Å². The lowest BCUT2D eigenvalue weighted by molar-refractivity contribution is -0.637. The predicted molar refractivity (Wildman–Crippen MR) is 47.6 cm³/mol. The van der Waals surface area contributed by atoms with E-state index in [1.807, 2.05) is 0 Å². The van der Waals surface area contributed by atoms with Gasteiger partial charge in [-0.25, -0.2) is 14.9 Å². The van der Waals surface area contributed by atoms with E-state index in [9.17, 15) is 14.9 Å². The molecular weight excluding hydrogens is 188 g/mol. The molecule has 0 aromatic heterocycles. The molecule has 0 atom stereocenters. The largest absolute Gasteiger partial charge is 0.462 e. The SMILES string of the molecule is CCOC(=O)C1=CN([N+](=O)[O-])CC=C1. The summed E-state index contributed by atoms with van der Waals surface area (Å²) in [6.45, 7) is 2.09. The highest BCUT2D eigenvalue weighted by Crippen LogP contribution is 2.08. The van der Waals surface area contributed by atoms with Gasteiger partial charge in [0, 0.05) is 0 Å². The monoisotopic (exact) mass is 198 g/mol. The fourth-order valence-electron chi connectivity index (χ4n) is 0.993. The molecule has 0 spiro atoms. The van der Waals surface area contributed by atoms with Crippen LogP contribution in [0.15, 0.2) is 23.9 Å². The minimum atomic E-state index is -0.581. The van der Waals surface area contributed by atoms with Crippen molar-refractivity contribution in [1.82, 2.24) is 5.01 Å². The number of nitro groups is 1. The van der Waals surface area contributed by atoms with Crippen LogP contribution in [0.1, 0.15) is 6.92 Å². The number of esters is 1. The van der Waals surface area contributed by atoms with Crippen molar-refractivity contribution < 1.29 is 14.6 Å². The van der Waals surface area contributed by atoms with Crippen LogP contribution in [-0.4, -0.2) is 29.2 Å². The normalized spacial score (nSPS) is 14.9. The van der Waals surface area contributed by atoms with Gasteiger partial charge in [-0.05, 0) is 13.0 Å². The molecule has 6 nitrogen and oxygen atoms in total. The van der Waals surface area contributed by atoms with E-state index in [1.54, 1.807) is 6.92 Å². The van der Waals surface area contributed by atoms with E-state index in [4.69, 9.17) is 4.74 Å². The Morgan fingerprint density at radius 1 is 1.79 bits per heavy atom. The maximum atomic E-state index is 11.2. The summed E-state index contributed by atoms with van der Waals surface area (Å²) in [5.74, 6) is -0.546. The average molecular weight is 198 g/mol. The van der Waals surface area contributed by atoms with Crippen molar-refractivity contribution >= 4 is 5.97 Å². The average Bonchev–Trinajstić information content (AvgIpc) is 2.18. The van der Waals surface area contributed by atoms with E-state index in [1.165, 1.54) is 12.2 Å². The van der Waals surface area contributed by atoms with Crippen LogP contribution in [0.2, 0.25) is 0 Å². The number of hydrogen-bond donors (Lipinski definition) is 0. The zero-order valence-corrected chi connectivity index (χ0v) is 7.67. The summed E-state index contributed by atoms with van der Waals surface area (Å²) in [6, 6.07) is 0. The lowest BCUT2D eigenvalue weighted by Gasteiger charge is -2.12. The number of rotatable bonds is 3. The van der Waals surface area contributed by atoms with Crippen molar-refractivity contribution in [1.29, 1.82) is 0 Å². The molecule has 0 radical (unpaired) electrons. The van der Waals surface area contributed by atoms with Crippen LogP contribution in [0.25, 0.3) is 0 Å². The van der Waals surface area contributed by atoms with Gasteiger partial charge in [-0.3, -0.25) is 0 Å². The molecular formula is C8H10N2O4. The summed E-state index contributed by atoms with van der Waals surface area (Å²) >= 11 is 0. The van der Waals surface area contributed by atoms with Crippen LogP contribution in [0.4, 0.5) is 0 Å². The fourth-order valence-corrected chi connectivity index (χ4v) is 0.993. The van der Waals surface area contributed by atoms with E-state index < -0.39 is 11.0 Å². The van der Waals surface area contributed by atoms with E-state index >= 15 is 0 Å². The summed E-state index contributed by atoms with van der Waals surface area (Å²) in [6.07, 6.45) is 4.21. The topological polar surface area (TPSA) is 72.7 Å². The van der Waals surface area contributed by atoms with Crippen molar-refractivity contribution in [2.24, 2.45) is 0 Å². The molecule has 1 aliphatic heterocycles.